The Morgan fingerprint density at radius 1 is 0.600 bits per heavy atom. The highest BCUT2D eigenvalue weighted by Gasteiger charge is 1.96. The average Bonchev–Trinajstić information content (AvgIpc) is 2.62. The maximum Gasteiger partial charge on any atom is 0.132 e. The van der Waals surface area contributed by atoms with Gasteiger partial charge in [0.25, 0.3) is 0 Å². The lowest BCUT2D eigenvalue weighted by molar-refractivity contribution is -0.119. The standard InChI is InChI=1S/C10H20O2.C6H14O2.C4H8O/c1-2-10(12)8-6-4-3-5-7-9-11;7-5-3-1-2-4-6-8;1-3-4(2)5/h11H,2-9H2,1H3;7-8H,1-6H2;3H2,1-2H3. The average molecular weight is 363 g/mol. The summed E-state index contributed by atoms with van der Waals surface area (Å²) in [6.07, 6.45) is 11.2. The second kappa shape index (κ2) is 28.0. The Balaban J connectivity index is -0.000000321. The van der Waals surface area contributed by atoms with Crippen LogP contribution in [0.3, 0.4) is 0 Å². The summed E-state index contributed by atoms with van der Waals surface area (Å²) in [6.45, 7) is 6.21. The van der Waals surface area contributed by atoms with E-state index in [9.17, 15) is 9.59 Å². The third kappa shape index (κ3) is 39.7. The summed E-state index contributed by atoms with van der Waals surface area (Å²) in [4.78, 5) is 20.7. The highest BCUT2D eigenvalue weighted by atomic mass is 16.3. The van der Waals surface area contributed by atoms with E-state index in [-0.39, 0.29) is 19.0 Å². The van der Waals surface area contributed by atoms with Crippen LogP contribution in [0, 0.1) is 0 Å². The topological polar surface area (TPSA) is 94.8 Å². The molecule has 0 radical (unpaired) electrons. The minimum atomic E-state index is 0.255. The van der Waals surface area contributed by atoms with Gasteiger partial charge in [-0.15, -0.1) is 0 Å². The van der Waals surface area contributed by atoms with Crippen LogP contribution in [0.1, 0.15) is 97.8 Å². The van der Waals surface area contributed by atoms with Gasteiger partial charge < -0.3 is 20.1 Å². The van der Waals surface area contributed by atoms with Crippen molar-refractivity contribution < 1.29 is 24.9 Å². The zero-order chi connectivity index (χ0) is 19.8. The molecule has 0 aromatic carbocycles. The molecule has 0 aromatic heterocycles. The normalized spacial score (nSPS) is 9.52. The number of aliphatic hydroxyl groups is 3. The fraction of sp³-hybridized carbons (Fsp3) is 0.900. The number of rotatable bonds is 14. The first-order chi connectivity index (χ1) is 12.0. The lowest BCUT2D eigenvalue weighted by Gasteiger charge is -1.98. The fourth-order valence-corrected chi connectivity index (χ4v) is 1.72. The van der Waals surface area contributed by atoms with Crippen LogP contribution in [0.4, 0.5) is 0 Å². The van der Waals surface area contributed by atoms with Crippen molar-refractivity contribution >= 4 is 11.6 Å². The van der Waals surface area contributed by atoms with Gasteiger partial charge in [-0.05, 0) is 32.6 Å². The van der Waals surface area contributed by atoms with Crippen molar-refractivity contribution in [3.63, 3.8) is 0 Å². The van der Waals surface area contributed by atoms with Crippen molar-refractivity contribution in [2.24, 2.45) is 0 Å². The van der Waals surface area contributed by atoms with Gasteiger partial charge >= 0.3 is 0 Å². The Labute approximate surface area is 154 Å². The molecule has 0 amide bonds. The van der Waals surface area contributed by atoms with E-state index >= 15 is 0 Å². The molecular formula is C20H42O5. The fourth-order valence-electron chi connectivity index (χ4n) is 1.72. The zero-order valence-corrected chi connectivity index (χ0v) is 16.8. The van der Waals surface area contributed by atoms with E-state index < -0.39 is 0 Å². The highest BCUT2D eigenvalue weighted by molar-refractivity contribution is 5.77. The SMILES string of the molecule is CCC(=O)CCCCCCCO.CCC(C)=O.OCCCCCCO. The van der Waals surface area contributed by atoms with Crippen molar-refractivity contribution in [1.29, 1.82) is 0 Å². The summed E-state index contributed by atoms with van der Waals surface area (Å²) < 4.78 is 0. The van der Waals surface area contributed by atoms with Crippen LogP contribution >= 0.6 is 0 Å². The maximum atomic E-state index is 10.9. The Bertz CT molecular complexity index is 261. The molecule has 5 heteroatoms. The molecule has 0 bridgehead atoms. The Hall–Kier alpha value is -0.780. The van der Waals surface area contributed by atoms with Crippen molar-refractivity contribution in [3.05, 3.63) is 0 Å². The van der Waals surface area contributed by atoms with Gasteiger partial charge in [-0.3, -0.25) is 4.79 Å². The smallest absolute Gasteiger partial charge is 0.132 e. The number of ketones is 2. The van der Waals surface area contributed by atoms with Gasteiger partial charge in [-0.25, -0.2) is 0 Å². The lowest BCUT2D eigenvalue weighted by atomic mass is 10.1. The minimum absolute atomic E-state index is 0.255. The van der Waals surface area contributed by atoms with Crippen LogP contribution in [0.25, 0.3) is 0 Å². The van der Waals surface area contributed by atoms with E-state index in [4.69, 9.17) is 15.3 Å². The largest absolute Gasteiger partial charge is 0.396 e. The van der Waals surface area contributed by atoms with Crippen molar-refractivity contribution in [2.75, 3.05) is 19.8 Å². The van der Waals surface area contributed by atoms with E-state index in [1.165, 1.54) is 0 Å². The first-order valence-corrected chi connectivity index (χ1v) is 9.83. The van der Waals surface area contributed by atoms with Gasteiger partial charge in [0.2, 0.25) is 0 Å². The Morgan fingerprint density at radius 2 is 0.920 bits per heavy atom. The summed E-state index contributed by atoms with van der Waals surface area (Å²) in [5.41, 5.74) is 0. The number of carbonyl (C=O) groups is 2. The molecule has 0 aliphatic heterocycles. The van der Waals surface area contributed by atoms with Crippen LogP contribution in [-0.2, 0) is 9.59 Å². The van der Waals surface area contributed by atoms with Crippen LogP contribution in [0.2, 0.25) is 0 Å². The molecule has 0 heterocycles. The highest BCUT2D eigenvalue weighted by Crippen LogP contribution is 2.06. The predicted molar refractivity (Wildman–Crippen MR) is 104 cm³/mol. The molecular weight excluding hydrogens is 320 g/mol. The van der Waals surface area contributed by atoms with E-state index in [0.29, 0.717) is 25.2 Å². The van der Waals surface area contributed by atoms with Crippen LogP contribution in [-0.4, -0.2) is 46.7 Å². The van der Waals surface area contributed by atoms with E-state index in [2.05, 4.69) is 0 Å². The van der Waals surface area contributed by atoms with E-state index in [1.54, 1.807) is 6.92 Å². The molecule has 0 aromatic rings. The molecule has 0 saturated heterocycles. The molecule has 0 unspecified atom stereocenters. The van der Waals surface area contributed by atoms with Crippen molar-refractivity contribution in [3.8, 4) is 0 Å². The second-order valence-corrected chi connectivity index (χ2v) is 6.05. The van der Waals surface area contributed by atoms with Gasteiger partial charge in [0.05, 0.1) is 0 Å². The van der Waals surface area contributed by atoms with Gasteiger partial charge in [0, 0.05) is 39.1 Å². The molecule has 25 heavy (non-hydrogen) atoms. The minimum Gasteiger partial charge on any atom is -0.396 e. The summed E-state index contributed by atoms with van der Waals surface area (Å²) in [5.74, 6) is 0.627. The number of aliphatic hydroxyl groups excluding tert-OH is 3. The molecule has 0 rings (SSSR count). The molecule has 0 spiro atoms. The van der Waals surface area contributed by atoms with Crippen molar-refractivity contribution in [2.45, 2.75) is 97.8 Å². The second-order valence-electron chi connectivity index (χ2n) is 6.05. The summed E-state index contributed by atoms with van der Waals surface area (Å²) in [7, 11) is 0. The van der Waals surface area contributed by atoms with Gasteiger partial charge in [0.1, 0.15) is 11.6 Å². The van der Waals surface area contributed by atoms with Gasteiger partial charge in [0.15, 0.2) is 0 Å². The van der Waals surface area contributed by atoms with Crippen LogP contribution < -0.4 is 0 Å². The molecule has 3 N–H and O–H groups in total. The molecule has 0 saturated carbocycles. The molecule has 0 atom stereocenters. The Kier molecular flexibility index (Phi) is 32.5. The summed E-state index contributed by atoms with van der Waals surface area (Å²) >= 11 is 0. The van der Waals surface area contributed by atoms with E-state index in [1.807, 2.05) is 13.8 Å². The first kappa shape index (κ1) is 29.0. The molecule has 5 nitrogen and oxygen atoms in total. The third-order valence-corrected chi connectivity index (χ3v) is 3.57. The lowest BCUT2D eigenvalue weighted by Crippen LogP contribution is -1.94. The molecule has 0 fully saturated rings. The summed E-state index contributed by atoms with van der Waals surface area (Å²) in [5, 5.41) is 25.1. The summed E-state index contributed by atoms with van der Waals surface area (Å²) in [6, 6.07) is 0. The monoisotopic (exact) mass is 362 g/mol. The first-order valence-electron chi connectivity index (χ1n) is 9.83. The number of hydrogen-bond acceptors (Lipinski definition) is 5. The molecule has 0 aliphatic carbocycles. The number of hydrogen-bond donors (Lipinski definition) is 3. The Morgan fingerprint density at radius 3 is 1.20 bits per heavy atom. The number of carbonyl (C=O) groups excluding carboxylic acids is 2. The maximum absolute atomic E-state index is 10.9. The van der Waals surface area contributed by atoms with Crippen molar-refractivity contribution in [1.82, 2.24) is 0 Å². The quantitative estimate of drug-likeness (QED) is 0.408. The van der Waals surface area contributed by atoms with E-state index in [0.717, 1.165) is 64.2 Å². The number of Topliss-reactive ketones (excluding diaryl/α,β-unsaturated/α-hetero) is 2. The number of unbranched alkanes of at least 4 members (excludes halogenated alkanes) is 7. The zero-order valence-electron chi connectivity index (χ0n) is 16.8. The molecule has 152 valence electrons. The molecule has 0 aliphatic rings. The van der Waals surface area contributed by atoms with Crippen LogP contribution in [0.5, 0.6) is 0 Å². The predicted octanol–water partition coefficient (Wildman–Crippen LogP) is 3.82. The third-order valence-electron chi connectivity index (χ3n) is 3.57. The van der Waals surface area contributed by atoms with Gasteiger partial charge in [-0.1, -0.05) is 46.0 Å². The van der Waals surface area contributed by atoms with Crippen LogP contribution in [0.15, 0.2) is 0 Å². The van der Waals surface area contributed by atoms with Gasteiger partial charge in [-0.2, -0.15) is 0 Å².